The number of nitrogens with zero attached hydrogens (tertiary/aromatic N) is 2. The van der Waals surface area contributed by atoms with Gasteiger partial charge in [-0.2, -0.15) is 5.26 Å². The summed E-state index contributed by atoms with van der Waals surface area (Å²) in [5.74, 6) is -2.73. The second-order valence-electron chi connectivity index (χ2n) is 3.54. The van der Waals surface area contributed by atoms with Crippen LogP contribution in [0.5, 0.6) is 0 Å². The molecule has 0 aromatic carbocycles. The van der Waals surface area contributed by atoms with Crippen LogP contribution in [-0.2, 0) is 0 Å². The zero-order chi connectivity index (χ0) is 8.70. The van der Waals surface area contributed by atoms with Crippen LogP contribution in [0, 0.1) is 16.9 Å². The fourth-order valence-corrected chi connectivity index (χ4v) is 1.17. The first kappa shape index (κ1) is 8.25. The molecule has 1 heterocycles. The summed E-state index contributed by atoms with van der Waals surface area (Å²) >= 11 is 0. The maximum atomic E-state index is 13.0. The van der Waals surface area contributed by atoms with Crippen molar-refractivity contribution in [2.45, 2.75) is 19.8 Å². The van der Waals surface area contributed by atoms with Crippen LogP contribution < -0.4 is 0 Å². The van der Waals surface area contributed by atoms with E-state index in [0.717, 1.165) is 4.90 Å². The molecule has 0 spiro atoms. The first-order chi connectivity index (χ1) is 4.89. The van der Waals surface area contributed by atoms with E-state index in [1.807, 2.05) is 0 Å². The summed E-state index contributed by atoms with van der Waals surface area (Å²) in [4.78, 5) is 1.10. The molecule has 0 bridgehead atoms. The average Bonchev–Trinajstić information content (AvgIpc) is 2.03. The van der Waals surface area contributed by atoms with Gasteiger partial charge in [0.1, 0.15) is 0 Å². The lowest BCUT2D eigenvalue weighted by Crippen LogP contribution is -2.34. The molecule has 1 aliphatic rings. The van der Waals surface area contributed by atoms with Crippen LogP contribution in [0.3, 0.4) is 0 Å². The third kappa shape index (κ3) is 1.15. The van der Waals surface area contributed by atoms with Crippen molar-refractivity contribution in [2.75, 3.05) is 13.1 Å². The van der Waals surface area contributed by atoms with E-state index in [4.69, 9.17) is 5.26 Å². The molecule has 0 N–H and O–H groups in total. The normalized spacial score (nSPS) is 26.6. The second-order valence-corrected chi connectivity index (χ2v) is 3.54. The summed E-state index contributed by atoms with van der Waals surface area (Å²) in [6, 6.07) is 0. The quantitative estimate of drug-likeness (QED) is 0.501. The molecule has 1 saturated heterocycles. The number of halogens is 2. The number of hydrogen-bond donors (Lipinski definition) is 0. The molecule has 0 unspecified atom stereocenters. The van der Waals surface area contributed by atoms with Crippen molar-refractivity contribution in [2.24, 2.45) is 5.41 Å². The highest BCUT2D eigenvalue weighted by Crippen LogP contribution is 2.42. The lowest BCUT2D eigenvalue weighted by Gasteiger charge is -2.23. The molecule has 1 fully saturated rings. The molecule has 62 valence electrons. The fourth-order valence-electron chi connectivity index (χ4n) is 1.17. The molecule has 0 radical (unpaired) electrons. The highest BCUT2D eigenvalue weighted by molar-refractivity contribution is 5.00. The molecule has 1 rings (SSSR count). The first-order valence-corrected chi connectivity index (χ1v) is 3.41. The van der Waals surface area contributed by atoms with Crippen LogP contribution in [0.4, 0.5) is 8.78 Å². The van der Waals surface area contributed by atoms with Crippen molar-refractivity contribution in [3.8, 4) is 6.19 Å². The van der Waals surface area contributed by atoms with Crippen LogP contribution in [-0.4, -0.2) is 23.9 Å². The second kappa shape index (κ2) is 2.07. The molecular weight excluding hydrogens is 150 g/mol. The summed E-state index contributed by atoms with van der Waals surface area (Å²) in [7, 11) is 0. The van der Waals surface area contributed by atoms with Gasteiger partial charge in [-0.3, -0.25) is 0 Å². The maximum Gasteiger partial charge on any atom is 0.272 e. The predicted octanol–water partition coefficient (Wildman–Crippen LogP) is 1.44. The first-order valence-electron chi connectivity index (χ1n) is 3.41. The number of likely N-dealkylation sites (tertiary alicyclic amines) is 1. The van der Waals surface area contributed by atoms with E-state index in [9.17, 15) is 8.78 Å². The standard InChI is InChI=1S/C7H10F2N2/c1-6(2)3-11(5-10)4-7(6,8)9/h3-4H2,1-2H3. The van der Waals surface area contributed by atoms with Crippen molar-refractivity contribution >= 4 is 0 Å². The van der Waals surface area contributed by atoms with Gasteiger partial charge in [-0.1, -0.05) is 13.8 Å². The van der Waals surface area contributed by atoms with Gasteiger partial charge in [-0.25, -0.2) is 8.78 Å². The van der Waals surface area contributed by atoms with Crippen LogP contribution >= 0.6 is 0 Å². The Bertz CT molecular complexity index is 189. The molecule has 2 nitrogen and oxygen atoms in total. The summed E-state index contributed by atoms with van der Waals surface area (Å²) in [5.41, 5.74) is -1.07. The maximum absolute atomic E-state index is 13.0. The van der Waals surface area contributed by atoms with E-state index in [0.29, 0.717) is 0 Å². The molecule has 11 heavy (non-hydrogen) atoms. The van der Waals surface area contributed by atoms with Gasteiger partial charge in [0.15, 0.2) is 6.19 Å². The molecular formula is C7H10F2N2. The van der Waals surface area contributed by atoms with Crippen LogP contribution in [0.25, 0.3) is 0 Å². The van der Waals surface area contributed by atoms with E-state index in [2.05, 4.69) is 0 Å². The molecule has 0 aliphatic carbocycles. The van der Waals surface area contributed by atoms with E-state index in [1.54, 1.807) is 6.19 Å². The van der Waals surface area contributed by atoms with E-state index in [-0.39, 0.29) is 6.54 Å². The van der Waals surface area contributed by atoms with Gasteiger partial charge in [0.05, 0.1) is 6.54 Å². The Morgan fingerprint density at radius 1 is 1.36 bits per heavy atom. The molecule has 1 aliphatic heterocycles. The number of nitriles is 1. The summed E-state index contributed by atoms with van der Waals surface area (Å²) in [6.45, 7) is 2.67. The molecule has 0 aromatic heterocycles. The average molecular weight is 160 g/mol. The smallest absolute Gasteiger partial charge is 0.272 e. The van der Waals surface area contributed by atoms with Crippen LogP contribution in [0.1, 0.15) is 13.8 Å². The SMILES string of the molecule is CC1(C)CN(C#N)CC1(F)F. The molecule has 0 saturated carbocycles. The minimum Gasteiger partial charge on any atom is -0.304 e. The molecule has 0 atom stereocenters. The Kier molecular flexibility index (Phi) is 1.55. The van der Waals surface area contributed by atoms with Gasteiger partial charge in [-0.05, 0) is 0 Å². The van der Waals surface area contributed by atoms with Crippen molar-refractivity contribution < 1.29 is 8.78 Å². The van der Waals surface area contributed by atoms with Gasteiger partial charge in [0.25, 0.3) is 5.92 Å². The Morgan fingerprint density at radius 3 is 2.09 bits per heavy atom. The summed E-state index contributed by atoms with van der Waals surface area (Å²) in [5, 5.41) is 8.37. The summed E-state index contributed by atoms with van der Waals surface area (Å²) in [6.07, 6.45) is 1.73. The van der Waals surface area contributed by atoms with E-state index in [1.165, 1.54) is 13.8 Å². The van der Waals surface area contributed by atoms with E-state index < -0.39 is 17.9 Å². The minimum absolute atomic E-state index is 0.149. The molecule has 0 amide bonds. The number of rotatable bonds is 0. The monoisotopic (exact) mass is 160 g/mol. The zero-order valence-corrected chi connectivity index (χ0v) is 6.56. The molecule has 4 heteroatoms. The Labute approximate surface area is 64.4 Å². The molecule has 0 aromatic rings. The van der Waals surface area contributed by atoms with Gasteiger partial charge in [0, 0.05) is 12.0 Å². The lowest BCUT2D eigenvalue weighted by atomic mass is 9.89. The Balaban J connectivity index is 2.82. The van der Waals surface area contributed by atoms with Crippen molar-refractivity contribution in [1.82, 2.24) is 4.90 Å². The van der Waals surface area contributed by atoms with Crippen molar-refractivity contribution in [3.63, 3.8) is 0 Å². The third-order valence-corrected chi connectivity index (χ3v) is 2.11. The van der Waals surface area contributed by atoms with Crippen molar-refractivity contribution in [1.29, 1.82) is 5.26 Å². The lowest BCUT2D eigenvalue weighted by molar-refractivity contribution is -0.0660. The number of alkyl halides is 2. The van der Waals surface area contributed by atoms with Gasteiger partial charge in [-0.15, -0.1) is 0 Å². The van der Waals surface area contributed by atoms with Crippen LogP contribution in [0.15, 0.2) is 0 Å². The van der Waals surface area contributed by atoms with Crippen LogP contribution in [0.2, 0.25) is 0 Å². The Hall–Kier alpha value is -0.850. The Morgan fingerprint density at radius 2 is 1.91 bits per heavy atom. The number of hydrogen-bond acceptors (Lipinski definition) is 2. The zero-order valence-electron chi connectivity index (χ0n) is 6.56. The van der Waals surface area contributed by atoms with Crippen molar-refractivity contribution in [3.05, 3.63) is 0 Å². The predicted molar refractivity (Wildman–Crippen MR) is 35.9 cm³/mol. The van der Waals surface area contributed by atoms with E-state index >= 15 is 0 Å². The van der Waals surface area contributed by atoms with Gasteiger partial charge >= 0.3 is 0 Å². The van der Waals surface area contributed by atoms with Gasteiger partial charge in [0.2, 0.25) is 0 Å². The fraction of sp³-hybridized carbons (Fsp3) is 0.857. The largest absolute Gasteiger partial charge is 0.304 e. The van der Waals surface area contributed by atoms with Gasteiger partial charge < -0.3 is 4.90 Å². The minimum atomic E-state index is -2.73. The highest BCUT2D eigenvalue weighted by Gasteiger charge is 2.54. The summed E-state index contributed by atoms with van der Waals surface area (Å²) < 4.78 is 25.9. The highest BCUT2D eigenvalue weighted by atomic mass is 19.3. The third-order valence-electron chi connectivity index (χ3n) is 2.11. The topological polar surface area (TPSA) is 27.0 Å².